The van der Waals surface area contributed by atoms with Crippen molar-refractivity contribution in [3.8, 4) is 6.19 Å². The molecule has 0 saturated heterocycles. The number of nitriles is 1. The maximum Gasteiger partial charge on any atom is 0.205 e. The second-order valence-electron chi connectivity index (χ2n) is 4.51. The number of nitrogens with zero attached hydrogens (tertiary/aromatic N) is 2. The molecule has 0 aliphatic rings. The van der Waals surface area contributed by atoms with E-state index in [1.807, 2.05) is 6.19 Å². The summed E-state index contributed by atoms with van der Waals surface area (Å²) in [6.45, 7) is 10.8. The third-order valence-corrected chi connectivity index (χ3v) is 4.07. The average molecular weight is 182 g/mol. The average Bonchev–Trinajstić information content (AvgIpc) is 1.83. The minimum Gasteiger partial charge on any atom is -0.188 e. The van der Waals surface area contributed by atoms with Crippen molar-refractivity contribution in [1.82, 2.24) is 0 Å². The van der Waals surface area contributed by atoms with Crippen LogP contribution in [0.1, 0.15) is 34.6 Å². The van der Waals surface area contributed by atoms with Crippen molar-refractivity contribution in [2.24, 2.45) is 10.4 Å². The van der Waals surface area contributed by atoms with Crippen molar-refractivity contribution < 1.29 is 0 Å². The monoisotopic (exact) mass is 182 g/mol. The summed E-state index contributed by atoms with van der Waals surface area (Å²) < 4.78 is 0. The summed E-state index contributed by atoms with van der Waals surface area (Å²) in [6.07, 6.45) is 1.90. The summed E-state index contributed by atoms with van der Waals surface area (Å²) in [4.78, 5) is 3.92. The molecule has 68 valence electrons. The van der Waals surface area contributed by atoms with E-state index in [1.54, 1.807) is 0 Å². The second-order valence-corrected chi connectivity index (χ2v) is 7.22. The molecule has 0 saturated carbocycles. The van der Waals surface area contributed by atoms with Crippen LogP contribution in [0.15, 0.2) is 4.99 Å². The Labute approximate surface area is 77.5 Å². The minimum absolute atomic E-state index is 0.0895. The largest absolute Gasteiger partial charge is 0.205 e. The first-order chi connectivity index (χ1) is 5.38. The molecule has 0 radical (unpaired) electrons. The van der Waals surface area contributed by atoms with Crippen LogP contribution in [0.3, 0.4) is 0 Å². The fraction of sp³-hybridized carbons (Fsp3) is 0.778. The third kappa shape index (κ3) is 4.30. The summed E-state index contributed by atoms with van der Waals surface area (Å²) in [6, 6.07) is 0. The Hall–Kier alpha value is -0.623. The highest BCUT2D eigenvalue weighted by Gasteiger charge is 2.19. The lowest BCUT2D eigenvalue weighted by atomic mass is 9.99. The van der Waals surface area contributed by atoms with Crippen molar-refractivity contribution in [2.75, 3.05) is 0 Å². The Balaban J connectivity index is 4.50. The molecule has 2 nitrogen and oxygen atoms in total. The predicted molar refractivity (Wildman–Crippen MR) is 56.1 cm³/mol. The zero-order valence-corrected chi connectivity index (χ0v) is 10.1. The molecule has 0 bridgehead atoms. The van der Waals surface area contributed by atoms with Crippen molar-refractivity contribution in [2.45, 2.75) is 40.2 Å². The Morgan fingerprint density at radius 3 is 2.17 bits per heavy atom. The molecule has 0 unspecified atom stereocenters. The van der Waals surface area contributed by atoms with E-state index in [-0.39, 0.29) is 14.9 Å². The van der Waals surface area contributed by atoms with Crippen molar-refractivity contribution in [1.29, 1.82) is 5.26 Å². The maximum atomic E-state index is 8.50. The molecule has 0 aliphatic carbocycles. The first-order valence-corrected chi connectivity index (χ1v) is 5.86. The van der Waals surface area contributed by atoms with Crippen LogP contribution in [-0.4, -0.2) is 14.9 Å². The zero-order chi connectivity index (χ0) is 9.78. The minimum atomic E-state index is -0.328. The SMILES string of the molecule is CC(C)[SiH2]/C(=N\C#N)C(C)(C)C. The molecule has 0 aromatic carbocycles. The number of hydrogen-bond acceptors (Lipinski definition) is 2. The van der Waals surface area contributed by atoms with Gasteiger partial charge >= 0.3 is 0 Å². The summed E-state index contributed by atoms with van der Waals surface area (Å²) in [7, 11) is -0.328. The van der Waals surface area contributed by atoms with Gasteiger partial charge in [0, 0.05) is 5.33 Å². The Morgan fingerprint density at radius 1 is 1.42 bits per heavy atom. The molecular formula is C9H18N2Si. The van der Waals surface area contributed by atoms with Gasteiger partial charge < -0.3 is 0 Å². The van der Waals surface area contributed by atoms with Gasteiger partial charge in [0.1, 0.15) is 0 Å². The van der Waals surface area contributed by atoms with Crippen LogP contribution >= 0.6 is 0 Å². The summed E-state index contributed by atoms with van der Waals surface area (Å²) in [5, 5.41) is 9.64. The summed E-state index contributed by atoms with van der Waals surface area (Å²) >= 11 is 0. The third-order valence-electron chi connectivity index (χ3n) is 1.65. The van der Waals surface area contributed by atoms with Gasteiger partial charge in [0.25, 0.3) is 0 Å². The van der Waals surface area contributed by atoms with Crippen LogP contribution in [-0.2, 0) is 0 Å². The molecule has 0 spiro atoms. The van der Waals surface area contributed by atoms with E-state index in [4.69, 9.17) is 5.26 Å². The zero-order valence-electron chi connectivity index (χ0n) is 8.68. The molecular weight excluding hydrogens is 164 g/mol. The van der Waals surface area contributed by atoms with Crippen LogP contribution in [0.5, 0.6) is 0 Å². The van der Waals surface area contributed by atoms with Gasteiger partial charge in [-0.1, -0.05) is 40.2 Å². The molecule has 0 rings (SSSR count). The van der Waals surface area contributed by atoms with Gasteiger partial charge in [0.05, 0.1) is 9.52 Å². The van der Waals surface area contributed by atoms with Crippen LogP contribution in [0, 0.1) is 16.9 Å². The van der Waals surface area contributed by atoms with Crippen molar-refractivity contribution in [3.05, 3.63) is 0 Å². The van der Waals surface area contributed by atoms with E-state index >= 15 is 0 Å². The second kappa shape index (κ2) is 4.41. The van der Waals surface area contributed by atoms with Crippen molar-refractivity contribution in [3.63, 3.8) is 0 Å². The van der Waals surface area contributed by atoms with E-state index in [1.165, 1.54) is 0 Å². The highest BCUT2D eigenvalue weighted by molar-refractivity contribution is 6.77. The molecule has 0 amide bonds. The lowest BCUT2D eigenvalue weighted by Gasteiger charge is -2.21. The smallest absolute Gasteiger partial charge is 0.188 e. The quantitative estimate of drug-likeness (QED) is 0.365. The fourth-order valence-corrected chi connectivity index (χ4v) is 2.51. The van der Waals surface area contributed by atoms with Crippen LogP contribution < -0.4 is 0 Å². The normalized spacial score (nSPS) is 14.2. The van der Waals surface area contributed by atoms with E-state index in [0.29, 0.717) is 5.54 Å². The van der Waals surface area contributed by atoms with Crippen LogP contribution in [0.4, 0.5) is 0 Å². The molecule has 12 heavy (non-hydrogen) atoms. The molecule has 0 atom stereocenters. The van der Waals surface area contributed by atoms with E-state index in [9.17, 15) is 0 Å². The van der Waals surface area contributed by atoms with Gasteiger partial charge in [-0.15, -0.1) is 0 Å². The highest BCUT2D eigenvalue weighted by Crippen LogP contribution is 2.18. The molecule has 3 heteroatoms. The first-order valence-electron chi connectivity index (χ1n) is 4.34. The summed E-state index contributed by atoms with van der Waals surface area (Å²) in [5.74, 6) is 0. The van der Waals surface area contributed by atoms with Gasteiger partial charge in [-0.25, -0.2) is 0 Å². The Bertz CT molecular complexity index is 206. The van der Waals surface area contributed by atoms with Crippen LogP contribution in [0.2, 0.25) is 5.54 Å². The first kappa shape index (κ1) is 11.4. The van der Waals surface area contributed by atoms with Gasteiger partial charge in [0.2, 0.25) is 6.19 Å². The molecule has 0 aliphatic heterocycles. The number of aliphatic imine (C=N–C) groups is 1. The fourth-order valence-electron chi connectivity index (χ4n) is 0.967. The molecule has 0 N–H and O–H groups in total. The molecule has 0 fully saturated rings. The van der Waals surface area contributed by atoms with Crippen molar-refractivity contribution >= 4 is 14.9 Å². The van der Waals surface area contributed by atoms with Gasteiger partial charge in [-0.2, -0.15) is 10.3 Å². The van der Waals surface area contributed by atoms with Gasteiger partial charge in [0.15, 0.2) is 0 Å². The van der Waals surface area contributed by atoms with Gasteiger partial charge in [-0.05, 0) is 5.41 Å². The van der Waals surface area contributed by atoms with E-state index in [0.717, 1.165) is 5.33 Å². The Kier molecular flexibility index (Phi) is 4.19. The highest BCUT2D eigenvalue weighted by atomic mass is 28.2. The topological polar surface area (TPSA) is 36.1 Å². The standard InChI is InChI=1S/C9H18N2Si/c1-7(2)12-8(11-6-10)9(3,4)5/h7H,12H2,1-5H3/b11-8-. The van der Waals surface area contributed by atoms with E-state index < -0.39 is 0 Å². The number of rotatable bonds is 2. The molecule has 0 aromatic heterocycles. The Morgan fingerprint density at radius 2 is 1.92 bits per heavy atom. The van der Waals surface area contributed by atoms with Crippen LogP contribution in [0.25, 0.3) is 0 Å². The van der Waals surface area contributed by atoms with E-state index in [2.05, 4.69) is 39.6 Å². The van der Waals surface area contributed by atoms with Gasteiger partial charge in [-0.3, -0.25) is 0 Å². The molecule has 0 aromatic rings. The lowest BCUT2D eigenvalue weighted by molar-refractivity contribution is 0.599. The molecule has 0 heterocycles. The number of hydrogen-bond donors (Lipinski definition) is 0. The maximum absolute atomic E-state index is 8.50. The lowest BCUT2D eigenvalue weighted by Crippen LogP contribution is -2.27. The summed E-state index contributed by atoms with van der Waals surface area (Å²) in [5.41, 5.74) is 0.794. The predicted octanol–water partition coefficient (Wildman–Crippen LogP) is 1.91.